The number of carbonyl (C=O) groups is 2. The van der Waals surface area contributed by atoms with E-state index >= 15 is 4.39 Å². The second-order valence-electron chi connectivity index (χ2n) is 5.94. The molecule has 9 heteroatoms. The molecular formula is C16H18F2N4O3. The summed E-state index contributed by atoms with van der Waals surface area (Å²) in [6.07, 6.45) is 0.155. The number of rotatable bonds is 3. The first-order chi connectivity index (χ1) is 11.9. The fraction of sp³-hybridized carbons (Fsp3) is 0.438. The van der Waals surface area contributed by atoms with Gasteiger partial charge in [-0.15, -0.1) is 0 Å². The summed E-state index contributed by atoms with van der Waals surface area (Å²) < 4.78 is 29.8. The van der Waals surface area contributed by atoms with Gasteiger partial charge in [-0.3, -0.25) is 14.6 Å². The van der Waals surface area contributed by atoms with E-state index in [0.29, 0.717) is 26.2 Å². The van der Waals surface area contributed by atoms with E-state index in [4.69, 9.17) is 5.73 Å². The predicted molar refractivity (Wildman–Crippen MR) is 88.7 cm³/mol. The van der Waals surface area contributed by atoms with Crippen LogP contribution in [0.15, 0.2) is 4.99 Å². The molecule has 1 atom stereocenters. The minimum atomic E-state index is -1.57. The van der Waals surface area contributed by atoms with Crippen LogP contribution < -0.4 is 16.0 Å². The highest BCUT2D eigenvalue weighted by Crippen LogP contribution is 2.43. The van der Waals surface area contributed by atoms with E-state index in [2.05, 4.69) is 10.3 Å². The Labute approximate surface area is 142 Å². The SMILES string of the molecule is CCC1=Nc2c(F)c(N3CCNCC3)c(F)c(N)c2C(=O)C1C(=O)O. The van der Waals surface area contributed by atoms with E-state index in [9.17, 15) is 19.1 Å². The van der Waals surface area contributed by atoms with Crippen molar-refractivity contribution in [2.45, 2.75) is 13.3 Å². The zero-order valence-corrected chi connectivity index (χ0v) is 13.6. The summed E-state index contributed by atoms with van der Waals surface area (Å²) in [5.41, 5.74) is 4.05. The number of nitrogen functional groups attached to an aromatic ring is 1. The van der Waals surface area contributed by atoms with Crippen molar-refractivity contribution in [1.29, 1.82) is 0 Å². The molecule has 0 aromatic heterocycles. The Morgan fingerprint density at radius 1 is 1.36 bits per heavy atom. The third-order valence-electron chi connectivity index (χ3n) is 4.51. The minimum absolute atomic E-state index is 0.0289. The summed E-state index contributed by atoms with van der Waals surface area (Å²) in [5.74, 6) is -5.94. The van der Waals surface area contributed by atoms with Crippen LogP contribution in [0.5, 0.6) is 0 Å². The first kappa shape index (κ1) is 17.3. The highest BCUT2D eigenvalue weighted by atomic mass is 19.1. The number of nitrogens with zero attached hydrogens (tertiary/aromatic N) is 2. The van der Waals surface area contributed by atoms with Gasteiger partial charge in [-0.25, -0.2) is 8.78 Å². The molecule has 1 saturated heterocycles. The van der Waals surface area contributed by atoms with E-state index in [1.165, 1.54) is 4.90 Å². The number of halogens is 2. The van der Waals surface area contributed by atoms with Gasteiger partial charge in [-0.2, -0.15) is 0 Å². The lowest BCUT2D eigenvalue weighted by Gasteiger charge is -2.32. The van der Waals surface area contributed by atoms with Gasteiger partial charge >= 0.3 is 5.97 Å². The number of piperazine rings is 1. The summed E-state index contributed by atoms with van der Waals surface area (Å²) >= 11 is 0. The number of Topliss-reactive ketones (excluding diaryl/α,β-unsaturated/α-hetero) is 1. The Balaban J connectivity index is 2.23. The van der Waals surface area contributed by atoms with Crippen molar-refractivity contribution in [2.75, 3.05) is 36.8 Å². The zero-order chi connectivity index (χ0) is 18.3. The van der Waals surface area contributed by atoms with Crippen molar-refractivity contribution >= 4 is 34.5 Å². The molecular weight excluding hydrogens is 334 g/mol. The molecule has 2 aliphatic rings. The molecule has 1 aromatic rings. The maximum absolute atomic E-state index is 15.0. The van der Waals surface area contributed by atoms with Crippen molar-refractivity contribution in [3.05, 3.63) is 17.2 Å². The number of aliphatic carboxylic acids is 1. The van der Waals surface area contributed by atoms with E-state index in [1.807, 2.05) is 0 Å². The summed E-state index contributed by atoms with van der Waals surface area (Å²) in [4.78, 5) is 29.5. The first-order valence-corrected chi connectivity index (χ1v) is 7.99. The van der Waals surface area contributed by atoms with E-state index in [0.717, 1.165) is 0 Å². The summed E-state index contributed by atoms with van der Waals surface area (Å²) in [6.45, 7) is 3.48. The van der Waals surface area contributed by atoms with Crippen LogP contribution in [-0.4, -0.2) is 48.7 Å². The lowest BCUT2D eigenvalue weighted by Crippen LogP contribution is -2.44. The molecule has 1 fully saturated rings. The molecule has 0 saturated carbocycles. The lowest BCUT2D eigenvalue weighted by molar-refractivity contribution is -0.138. The summed E-state index contributed by atoms with van der Waals surface area (Å²) in [6, 6.07) is 0. The van der Waals surface area contributed by atoms with Gasteiger partial charge in [0, 0.05) is 31.9 Å². The molecule has 0 amide bonds. The van der Waals surface area contributed by atoms with Crippen LogP contribution in [0.3, 0.4) is 0 Å². The Hall–Kier alpha value is -2.55. The zero-order valence-electron chi connectivity index (χ0n) is 13.6. The Bertz CT molecular complexity index is 788. The molecule has 134 valence electrons. The van der Waals surface area contributed by atoms with Gasteiger partial charge in [0.1, 0.15) is 11.4 Å². The first-order valence-electron chi connectivity index (χ1n) is 7.99. The van der Waals surface area contributed by atoms with Gasteiger partial charge in [0.15, 0.2) is 23.3 Å². The van der Waals surface area contributed by atoms with E-state index in [1.54, 1.807) is 6.92 Å². The topological polar surface area (TPSA) is 108 Å². The van der Waals surface area contributed by atoms with Crippen molar-refractivity contribution in [1.82, 2.24) is 5.32 Å². The quantitative estimate of drug-likeness (QED) is 0.560. The van der Waals surface area contributed by atoms with Gasteiger partial charge < -0.3 is 21.1 Å². The number of aliphatic imine (C=N–C) groups is 1. The number of carbonyl (C=O) groups excluding carboxylic acids is 1. The van der Waals surface area contributed by atoms with Gasteiger partial charge in [-0.1, -0.05) is 6.92 Å². The third kappa shape index (κ3) is 2.64. The Morgan fingerprint density at radius 2 is 2.00 bits per heavy atom. The predicted octanol–water partition coefficient (Wildman–Crippen LogP) is 1.34. The normalized spacial score (nSPS) is 20.3. The van der Waals surface area contributed by atoms with Crippen LogP contribution in [0.4, 0.5) is 25.8 Å². The molecule has 25 heavy (non-hydrogen) atoms. The number of carboxylic acid groups (broad SMARTS) is 1. The van der Waals surface area contributed by atoms with E-state index in [-0.39, 0.29) is 23.5 Å². The lowest BCUT2D eigenvalue weighted by atomic mass is 9.86. The molecule has 2 aliphatic heterocycles. The molecule has 0 bridgehead atoms. The van der Waals surface area contributed by atoms with Crippen LogP contribution in [0, 0.1) is 17.6 Å². The molecule has 1 aromatic carbocycles. The number of nitrogens with one attached hydrogen (secondary N) is 1. The molecule has 4 N–H and O–H groups in total. The number of carboxylic acids is 1. The van der Waals surface area contributed by atoms with Crippen LogP contribution >= 0.6 is 0 Å². The standard InChI is InChI=1S/C16H18F2N4O3/c1-2-7-8(16(24)25)15(23)9-12(19)10(17)14(11(18)13(9)21-7)22-5-3-20-4-6-22/h8,20H,2-6,19H2,1H3,(H,24,25). The highest BCUT2D eigenvalue weighted by molar-refractivity contribution is 6.29. The second-order valence-corrected chi connectivity index (χ2v) is 5.94. The van der Waals surface area contributed by atoms with Crippen LogP contribution in [0.2, 0.25) is 0 Å². The molecule has 2 heterocycles. The van der Waals surface area contributed by atoms with Crippen molar-refractivity contribution in [3.8, 4) is 0 Å². The van der Waals surface area contributed by atoms with Crippen molar-refractivity contribution < 1.29 is 23.5 Å². The number of anilines is 2. The molecule has 3 rings (SSSR count). The Kier molecular flexibility index (Phi) is 4.42. The average molecular weight is 352 g/mol. The number of hydrogen-bond acceptors (Lipinski definition) is 6. The third-order valence-corrected chi connectivity index (χ3v) is 4.51. The van der Waals surface area contributed by atoms with E-state index < -0.39 is 40.6 Å². The van der Waals surface area contributed by atoms with Gasteiger partial charge in [0.25, 0.3) is 0 Å². The largest absolute Gasteiger partial charge is 0.480 e. The number of hydrogen-bond donors (Lipinski definition) is 3. The number of fused-ring (bicyclic) bond motifs is 1. The van der Waals surface area contributed by atoms with Crippen LogP contribution in [-0.2, 0) is 4.79 Å². The van der Waals surface area contributed by atoms with Crippen molar-refractivity contribution in [3.63, 3.8) is 0 Å². The average Bonchev–Trinajstić information content (AvgIpc) is 2.59. The van der Waals surface area contributed by atoms with Crippen molar-refractivity contribution in [2.24, 2.45) is 10.9 Å². The maximum Gasteiger partial charge on any atom is 0.320 e. The molecule has 1 unspecified atom stereocenters. The van der Waals surface area contributed by atoms with Gasteiger partial charge in [-0.05, 0) is 6.42 Å². The summed E-state index contributed by atoms with van der Waals surface area (Å²) in [5, 5.41) is 12.4. The fourth-order valence-corrected chi connectivity index (χ4v) is 3.25. The van der Waals surface area contributed by atoms with Gasteiger partial charge in [0.05, 0.1) is 11.3 Å². The smallest absolute Gasteiger partial charge is 0.320 e. The number of nitrogens with two attached hydrogens (primary N) is 1. The molecule has 7 nitrogen and oxygen atoms in total. The van der Waals surface area contributed by atoms with Crippen LogP contribution in [0.25, 0.3) is 0 Å². The summed E-state index contributed by atoms with van der Waals surface area (Å²) in [7, 11) is 0. The minimum Gasteiger partial charge on any atom is -0.480 e. The second kappa shape index (κ2) is 6.40. The molecule has 0 aliphatic carbocycles. The molecule has 0 radical (unpaired) electrons. The fourth-order valence-electron chi connectivity index (χ4n) is 3.25. The molecule has 0 spiro atoms. The maximum atomic E-state index is 15.0. The van der Waals surface area contributed by atoms with Crippen LogP contribution in [0.1, 0.15) is 23.7 Å². The number of ketones is 1. The Morgan fingerprint density at radius 3 is 2.56 bits per heavy atom. The number of benzene rings is 1. The van der Waals surface area contributed by atoms with Gasteiger partial charge in [0.2, 0.25) is 0 Å². The monoisotopic (exact) mass is 352 g/mol. The highest BCUT2D eigenvalue weighted by Gasteiger charge is 2.41.